The van der Waals surface area contributed by atoms with Gasteiger partial charge in [0.15, 0.2) is 11.9 Å². The number of carboxylic acids is 1. The molecule has 0 fully saturated rings. The molecular weight excluding hydrogens is 336 g/mol. The van der Waals surface area contributed by atoms with Crippen LogP contribution >= 0.6 is 0 Å². The van der Waals surface area contributed by atoms with Gasteiger partial charge in [-0.3, -0.25) is 19.1 Å². The van der Waals surface area contributed by atoms with Gasteiger partial charge in [0.1, 0.15) is 12.2 Å². The van der Waals surface area contributed by atoms with E-state index in [1.807, 2.05) is 30.3 Å². The van der Waals surface area contributed by atoms with E-state index in [0.29, 0.717) is 22.9 Å². The molecule has 0 radical (unpaired) electrons. The Morgan fingerprint density at radius 1 is 1.19 bits per heavy atom. The first kappa shape index (κ1) is 17.3. The van der Waals surface area contributed by atoms with Crippen molar-refractivity contribution in [3.63, 3.8) is 0 Å². The van der Waals surface area contributed by atoms with Crippen LogP contribution in [0.3, 0.4) is 0 Å². The van der Waals surface area contributed by atoms with E-state index in [9.17, 15) is 14.4 Å². The van der Waals surface area contributed by atoms with Crippen LogP contribution in [0, 0.1) is 0 Å². The van der Waals surface area contributed by atoms with Crippen molar-refractivity contribution in [2.75, 3.05) is 0 Å². The fraction of sp³-hybridized carbons (Fsp3) is 0.158. The molecule has 1 aromatic heterocycles. The molecule has 1 unspecified atom stereocenters. The van der Waals surface area contributed by atoms with E-state index < -0.39 is 12.1 Å². The summed E-state index contributed by atoms with van der Waals surface area (Å²) in [4.78, 5) is 33.9. The van der Waals surface area contributed by atoms with Gasteiger partial charge in [0, 0.05) is 12.3 Å². The first-order chi connectivity index (χ1) is 12.5. The number of hydrogen-bond donors (Lipinski definition) is 1. The Labute approximate surface area is 148 Å². The van der Waals surface area contributed by atoms with Gasteiger partial charge in [-0.15, -0.1) is 0 Å². The van der Waals surface area contributed by atoms with Gasteiger partial charge in [0.05, 0.1) is 5.52 Å². The second kappa shape index (κ2) is 7.18. The fourth-order valence-corrected chi connectivity index (χ4v) is 2.90. The first-order valence-electron chi connectivity index (χ1n) is 7.88. The van der Waals surface area contributed by atoms with Crippen molar-refractivity contribution in [1.82, 2.24) is 9.78 Å². The molecule has 7 nitrogen and oxygen atoms in total. The summed E-state index contributed by atoms with van der Waals surface area (Å²) in [5, 5.41) is 13.8. The minimum atomic E-state index is -1.07. The Bertz CT molecular complexity index is 978. The lowest BCUT2D eigenvalue weighted by Gasteiger charge is -2.16. The number of aromatic nitrogens is 2. The average Bonchev–Trinajstić information content (AvgIpc) is 2.98. The van der Waals surface area contributed by atoms with Crippen molar-refractivity contribution in [2.45, 2.75) is 19.6 Å². The summed E-state index contributed by atoms with van der Waals surface area (Å²) in [7, 11) is 0. The predicted molar refractivity (Wildman–Crippen MR) is 92.8 cm³/mol. The molecule has 132 valence electrons. The van der Waals surface area contributed by atoms with Crippen molar-refractivity contribution in [3.8, 4) is 0 Å². The van der Waals surface area contributed by atoms with Crippen molar-refractivity contribution in [1.29, 1.82) is 0 Å². The zero-order chi connectivity index (χ0) is 18.7. The van der Waals surface area contributed by atoms with E-state index in [2.05, 4.69) is 5.10 Å². The van der Waals surface area contributed by atoms with Crippen LogP contribution in [0.4, 0.5) is 0 Å². The van der Waals surface area contributed by atoms with Gasteiger partial charge < -0.3 is 9.84 Å². The highest BCUT2D eigenvalue weighted by Gasteiger charge is 2.20. The number of carbonyl (C=O) groups is 3. The Hall–Kier alpha value is -3.48. The highest BCUT2D eigenvalue weighted by molar-refractivity contribution is 6.05. The van der Waals surface area contributed by atoms with Gasteiger partial charge in [-0.1, -0.05) is 42.5 Å². The lowest BCUT2D eigenvalue weighted by atomic mass is 9.99. The maximum Gasteiger partial charge on any atom is 0.325 e. The van der Waals surface area contributed by atoms with E-state index in [4.69, 9.17) is 9.84 Å². The van der Waals surface area contributed by atoms with Crippen LogP contribution in [0.2, 0.25) is 0 Å². The number of rotatable bonds is 7. The van der Waals surface area contributed by atoms with Crippen LogP contribution in [0.15, 0.2) is 48.5 Å². The molecule has 0 amide bonds. The number of carboxylic acid groups (broad SMARTS) is 1. The molecule has 1 atom stereocenters. The summed E-state index contributed by atoms with van der Waals surface area (Å²) >= 11 is 0. The lowest BCUT2D eigenvalue weighted by Crippen LogP contribution is -2.11. The minimum Gasteiger partial charge on any atom is -0.480 e. The second-order valence-electron chi connectivity index (χ2n) is 5.76. The minimum absolute atomic E-state index is 0.209. The molecule has 0 bridgehead atoms. The maximum atomic E-state index is 11.8. The van der Waals surface area contributed by atoms with Crippen molar-refractivity contribution in [2.24, 2.45) is 0 Å². The molecule has 2 aromatic carbocycles. The standard InChI is InChI=1S/C19H16N2O5/c1-12(23)18-15-8-7-14(9-16(15)21(20-18)10-17(24)25)19(26-11-22)13-5-3-2-4-6-13/h2-9,11,19H,10H2,1H3,(H,24,25). The predicted octanol–water partition coefficient (Wildman–Crippen LogP) is 2.59. The van der Waals surface area contributed by atoms with Gasteiger partial charge in [-0.05, 0) is 17.2 Å². The third-order valence-corrected chi connectivity index (χ3v) is 3.99. The average molecular weight is 352 g/mol. The van der Waals surface area contributed by atoms with E-state index in [1.165, 1.54) is 11.6 Å². The number of aliphatic carboxylic acids is 1. The van der Waals surface area contributed by atoms with E-state index >= 15 is 0 Å². The summed E-state index contributed by atoms with van der Waals surface area (Å²) in [5.74, 6) is -1.32. The highest BCUT2D eigenvalue weighted by Crippen LogP contribution is 2.29. The quantitative estimate of drug-likeness (QED) is 0.518. The molecule has 0 aliphatic carbocycles. The molecule has 7 heteroatoms. The lowest BCUT2D eigenvalue weighted by molar-refractivity contribution is -0.137. The van der Waals surface area contributed by atoms with Crippen LogP contribution in [-0.2, 0) is 20.9 Å². The maximum absolute atomic E-state index is 11.8. The number of nitrogens with zero attached hydrogens (tertiary/aromatic N) is 2. The molecule has 0 spiro atoms. The van der Waals surface area contributed by atoms with Gasteiger partial charge >= 0.3 is 5.97 Å². The number of ketones is 1. The number of benzene rings is 2. The van der Waals surface area contributed by atoms with Gasteiger partial charge in [0.25, 0.3) is 6.47 Å². The molecule has 1 N–H and O–H groups in total. The largest absolute Gasteiger partial charge is 0.480 e. The highest BCUT2D eigenvalue weighted by atomic mass is 16.5. The zero-order valence-corrected chi connectivity index (χ0v) is 14.0. The van der Waals surface area contributed by atoms with Crippen LogP contribution in [0.5, 0.6) is 0 Å². The molecule has 1 heterocycles. The van der Waals surface area contributed by atoms with E-state index in [1.54, 1.807) is 18.2 Å². The molecule has 3 rings (SSSR count). The third-order valence-electron chi connectivity index (χ3n) is 3.99. The number of fused-ring (bicyclic) bond motifs is 1. The molecule has 0 aliphatic heterocycles. The molecule has 0 aliphatic rings. The van der Waals surface area contributed by atoms with Gasteiger partial charge in [-0.25, -0.2) is 0 Å². The normalized spacial score (nSPS) is 11.9. The summed E-state index contributed by atoms with van der Waals surface area (Å²) < 4.78 is 6.51. The molecule has 3 aromatic rings. The Morgan fingerprint density at radius 2 is 1.92 bits per heavy atom. The number of carbonyl (C=O) groups excluding carboxylic acids is 2. The van der Waals surface area contributed by atoms with Crippen LogP contribution in [-0.4, -0.2) is 33.1 Å². The molecule has 0 saturated heterocycles. The number of Topliss-reactive ketones (excluding diaryl/α,β-unsaturated/α-hetero) is 1. The van der Waals surface area contributed by atoms with Crippen molar-refractivity contribution in [3.05, 3.63) is 65.4 Å². The molecular formula is C19H16N2O5. The molecule has 0 saturated carbocycles. The smallest absolute Gasteiger partial charge is 0.325 e. The topological polar surface area (TPSA) is 98.5 Å². The Morgan fingerprint density at radius 3 is 2.54 bits per heavy atom. The first-order valence-corrected chi connectivity index (χ1v) is 7.88. The monoisotopic (exact) mass is 352 g/mol. The third kappa shape index (κ3) is 3.32. The van der Waals surface area contributed by atoms with Crippen molar-refractivity contribution < 1.29 is 24.2 Å². The Balaban J connectivity index is 2.16. The second-order valence-corrected chi connectivity index (χ2v) is 5.76. The fourth-order valence-electron chi connectivity index (χ4n) is 2.90. The zero-order valence-electron chi connectivity index (χ0n) is 14.0. The summed E-state index contributed by atoms with van der Waals surface area (Å²) in [6.45, 7) is 1.37. The summed E-state index contributed by atoms with van der Waals surface area (Å²) in [6, 6.07) is 14.3. The SMILES string of the molecule is CC(=O)c1nn(CC(=O)O)c2cc(C(OC=O)c3ccccc3)ccc12. The van der Waals surface area contributed by atoms with Crippen LogP contribution in [0.1, 0.15) is 34.6 Å². The Kier molecular flexibility index (Phi) is 4.79. The summed E-state index contributed by atoms with van der Waals surface area (Å²) in [5.41, 5.74) is 2.12. The van der Waals surface area contributed by atoms with Gasteiger partial charge in [-0.2, -0.15) is 5.10 Å². The number of hydrogen-bond acceptors (Lipinski definition) is 5. The number of ether oxygens (including phenoxy) is 1. The van der Waals surface area contributed by atoms with Gasteiger partial charge in [0.2, 0.25) is 0 Å². The molecule has 26 heavy (non-hydrogen) atoms. The van der Waals surface area contributed by atoms with E-state index in [-0.39, 0.29) is 18.0 Å². The van der Waals surface area contributed by atoms with E-state index in [0.717, 1.165) is 5.56 Å². The summed E-state index contributed by atoms with van der Waals surface area (Å²) in [6.07, 6.45) is -0.646. The van der Waals surface area contributed by atoms with Crippen molar-refractivity contribution >= 4 is 29.1 Å². The van der Waals surface area contributed by atoms with Crippen LogP contribution < -0.4 is 0 Å². The van der Waals surface area contributed by atoms with Crippen LogP contribution in [0.25, 0.3) is 10.9 Å².